The maximum atomic E-state index is 12.4. The largest absolute Gasteiger partial charge is 0.322 e. The van der Waals surface area contributed by atoms with Crippen LogP contribution in [0.4, 0.5) is 5.69 Å². The van der Waals surface area contributed by atoms with Gasteiger partial charge in [-0.3, -0.25) is 4.79 Å². The van der Waals surface area contributed by atoms with Crippen molar-refractivity contribution in [1.29, 1.82) is 0 Å². The van der Waals surface area contributed by atoms with E-state index in [-0.39, 0.29) is 5.91 Å². The fourth-order valence-electron chi connectivity index (χ4n) is 2.73. The molecule has 0 unspecified atom stereocenters. The number of fused-ring (bicyclic) bond motifs is 1. The molecule has 7 heteroatoms. The summed E-state index contributed by atoms with van der Waals surface area (Å²) >= 11 is 10.4. The number of thioether (sulfide) groups is 1. The molecule has 0 atom stereocenters. The van der Waals surface area contributed by atoms with E-state index in [1.807, 2.05) is 55.5 Å². The first-order valence-corrected chi connectivity index (χ1v) is 12.2. The minimum atomic E-state index is -0.108. The summed E-state index contributed by atoms with van der Waals surface area (Å²) in [5.74, 6) is 0.730. The second-order valence-corrected chi connectivity index (χ2v) is 10.5. The third-order valence-corrected chi connectivity index (χ3v) is 7.75. The number of carbonyl (C=O) groups excluding carboxylic acids is 1. The predicted octanol–water partition coefficient (Wildman–Crippen LogP) is 7.67. The summed E-state index contributed by atoms with van der Waals surface area (Å²) in [5, 5.41) is 2.97. The highest BCUT2D eigenvalue weighted by molar-refractivity contribution is 9.11. The van der Waals surface area contributed by atoms with Gasteiger partial charge in [0.2, 0.25) is 0 Å². The van der Waals surface area contributed by atoms with Gasteiger partial charge in [-0.05, 0) is 55.0 Å². The SMILES string of the molecule is Cc1ccc(C(=O)Nc2ccc3nc(SCc4ccc(Br)cc4Br)sc3c2)cc1. The number of halogens is 2. The van der Waals surface area contributed by atoms with Gasteiger partial charge in [0.1, 0.15) is 0 Å². The summed E-state index contributed by atoms with van der Waals surface area (Å²) in [6.07, 6.45) is 0. The number of thiazole rings is 1. The lowest BCUT2D eigenvalue weighted by atomic mass is 10.1. The fourth-order valence-corrected chi connectivity index (χ4v) is 6.21. The highest BCUT2D eigenvalue weighted by Crippen LogP contribution is 2.34. The van der Waals surface area contributed by atoms with Crippen LogP contribution < -0.4 is 5.32 Å². The zero-order chi connectivity index (χ0) is 20.4. The van der Waals surface area contributed by atoms with E-state index in [2.05, 4.69) is 49.3 Å². The predicted molar refractivity (Wildman–Crippen MR) is 130 cm³/mol. The van der Waals surface area contributed by atoms with Crippen molar-refractivity contribution in [2.24, 2.45) is 0 Å². The van der Waals surface area contributed by atoms with Crippen molar-refractivity contribution < 1.29 is 4.79 Å². The highest BCUT2D eigenvalue weighted by atomic mass is 79.9. The van der Waals surface area contributed by atoms with Crippen LogP contribution in [0.1, 0.15) is 21.5 Å². The number of anilines is 1. The van der Waals surface area contributed by atoms with Gasteiger partial charge in [0.25, 0.3) is 5.91 Å². The second-order valence-electron chi connectivity index (χ2n) is 6.51. The molecule has 29 heavy (non-hydrogen) atoms. The lowest BCUT2D eigenvalue weighted by Gasteiger charge is -2.05. The van der Waals surface area contributed by atoms with E-state index >= 15 is 0 Å². The minimum Gasteiger partial charge on any atom is -0.322 e. The summed E-state index contributed by atoms with van der Waals surface area (Å²) in [6, 6.07) is 19.6. The molecule has 0 aliphatic heterocycles. The number of carbonyl (C=O) groups is 1. The van der Waals surface area contributed by atoms with Gasteiger partial charge in [-0.1, -0.05) is 67.4 Å². The van der Waals surface area contributed by atoms with Gasteiger partial charge in [0.05, 0.1) is 10.2 Å². The van der Waals surface area contributed by atoms with Gasteiger partial charge in [-0.15, -0.1) is 11.3 Å². The molecule has 0 aliphatic rings. The average molecular weight is 548 g/mol. The van der Waals surface area contributed by atoms with Gasteiger partial charge >= 0.3 is 0 Å². The van der Waals surface area contributed by atoms with Crippen LogP contribution in [0, 0.1) is 6.92 Å². The van der Waals surface area contributed by atoms with Crippen LogP contribution in [0.5, 0.6) is 0 Å². The molecule has 0 aliphatic carbocycles. The molecule has 1 aromatic heterocycles. The molecule has 0 saturated heterocycles. The molecule has 1 amide bonds. The van der Waals surface area contributed by atoms with Crippen molar-refractivity contribution >= 4 is 76.8 Å². The Hall–Kier alpha value is -1.67. The number of benzene rings is 3. The van der Waals surface area contributed by atoms with Crippen LogP contribution >= 0.6 is 55.0 Å². The number of hydrogen-bond donors (Lipinski definition) is 1. The Kier molecular flexibility index (Phi) is 6.39. The molecule has 0 radical (unpaired) electrons. The second kappa shape index (κ2) is 9.00. The van der Waals surface area contributed by atoms with Crippen molar-refractivity contribution in [3.8, 4) is 0 Å². The van der Waals surface area contributed by atoms with E-state index < -0.39 is 0 Å². The maximum Gasteiger partial charge on any atom is 0.255 e. The van der Waals surface area contributed by atoms with Gasteiger partial charge in [-0.25, -0.2) is 4.98 Å². The van der Waals surface area contributed by atoms with Crippen LogP contribution in [-0.4, -0.2) is 10.9 Å². The van der Waals surface area contributed by atoms with Crippen LogP contribution in [0.15, 0.2) is 73.9 Å². The summed E-state index contributed by atoms with van der Waals surface area (Å²) in [4.78, 5) is 17.2. The molecule has 4 rings (SSSR count). The summed E-state index contributed by atoms with van der Waals surface area (Å²) in [5.41, 5.74) is 4.73. The minimum absolute atomic E-state index is 0.108. The number of aromatic nitrogens is 1. The maximum absolute atomic E-state index is 12.4. The smallest absolute Gasteiger partial charge is 0.255 e. The summed E-state index contributed by atoms with van der Waals surface area (Å²) < 4.78 is 4.21. The van der Waals surface area contributed by atoms with E-state index in [4.69, 9.17) is 4.98 Å². The van der Waals surface area contributed by atoms with E-state index in [1.54, 1.807) is 23.1 Å². The molecule has 0 spiro atoms. The molecular formula is C22H16Br2N2OS2. The molecule has 3 aromatic carbocycles. The van der Waals surface area contributed by atoms with Crippen LogP contribution in [0.3, 0.4) is 0 Å². The van der Waals surface area contributed by atoms with E-state index in [1.165, 1.54) is 5.56 Å². The Morgan fingerprint density at radius 3 is 2.62 bits per heavy atom. The Bertz CT molecular complexity index is 1190. The van der Waals surface area contributed by atoms with Crippen LogP contribution in [0.25, 0.3) is 10.2 Å². The Morgan fingerprint density at radius 2 is 1.86 bits per heavy atom. The van der Waals surface area contributed by atoms with Crippen molar-refractivity contribution in [1.82, 2.24) is 4.98 Å². The van der Waals surface area contributed by atoms with Crippen LogP contribution in [0.2, 0.25) is 0 Å². The Labute approximate surface area is 194 Å². The van der Waals surface area contributed by atoms with Crippen molar-refractivity contribution in [3.63, 3.8) is 0 Å². The van der Waals surface area contributed by atoms with E-state index in [0.29, 0.717) is 5.56 Å². The number of rotatable bonds is 5. The normalized spacial score (nSPS) is 11.0. The zero-order valence-corrected chi connectivity index (χ0v) is 20.2. The monoisotopic (exact) mass is 546 g/mol. The molecule has 146 valence electrons. The highest BCUT2D eigenvalue weighted by Gasteiger charge is 2.10. The van der Waals surface area contributed by atoms with Crippen molar-refractivity contribution in [3.05, 3.63) is 86.3 Å². The first-order valence-electron chi connectivity index (χ1n) is 8.83. The first-order chi connectivity index (χ1) is 14.0. The van der Waals surface area contributed by atoms with E-state index in [9.17, 15) is 4.79 Å². The quantitative estimate of drug-likeness (QED) is 0.260. The molecule has 4 aromatic rings. The van der Waals surface area contributed by atoms with Gasteiger partial charge in [0.15, 0.2) is 4.34 Å². The van der Waals surface area contributed by atoms with Gasteiger partial charge in [-0.2, -0.15) is 0 Å². The topological polar surface area (TPSA) is 42.0 Å². The van der Waals surface area contributed by atoms with E-state index in [0.717, 1.165) is 40.5 Å². The average Bonchev–Trinajstić information content (AvgIpc) is 3.10. The summed E-state index contributed by atoms with van der Waals surface area (Å²) in [6.45, 7) is 2.00. The Morgan fingerprint density at radius 1 is 1.07 bits per heavy atom. The standard InChI is InChI=1S/C22H16Br2N2OS2/c1-13-2-4-14(5-3-13)21(27)25-17-8-9-19-20(11-17)29-22(26-19)28-12-15-6-7-16(23)10-18(15)24/h2-11H,12H2,1H3,(H,25,27). The number of aryl methyl sites for hydroxylation is 1. The zero-order valence-electron chi connectivity index (χ0n) is 15.4. The number of hydrogen-bond acceptors (Lipinski definition) is 4. The molecule has 0 fully saturated rings. The fraction of sp³-hybridized carbons (Fsp3) is 0.0909. The number of nitrogens with one attached hydrogen (secondary N) is 1. The lowest BCUT2D eigenvalue weighted by Crippen LogP contribution is -2.11. The van der Waals surface area contributed by atoms with Crippen molar-refractivity contribution in [2.75, 3.05) is 5.32 Å². The first kappa shape index (κ1) is 20.6. The number of amides is 1. The lowest BCUT2D eigenvalue weighted by molar-refractivity contribution is 0.102. The molecule has 0 saturated carbocycles. The third kappa shape index (κ3) is 5.09. The van der Waals surface area contributed by atoms with Gasteiger partial charge in [0, 0.05) is 25.9 Å². The number of nitrogens with zero attached hydrogens (tertiary/aromatic N) is 1. The Balaban J connectivity index is 1.47. The van der Waals surface area contributed by atoms with Crippen LogP contribution in [-0.2, 0) is 5.75 Å². The molecule has 1 heterocycles. The molecule has 0 bridgehead atoms. The molecular weight excluding hydrogens is 532 g/mol. The van der Waals surface area contributed by atoms with Gasteiger partial charge < -0.3 is 5.32 Å². The third-order valence-electron chi connectivity index (χ3n) is 4.31. The molecule has 1 N–H and O–H groups in total. The van der Waals surface area contributed by atoms with Crippen molar-refractivity contribution in [2.45, 2.75) is 17.0 Å². The summed E-state index contributed by atoms with van der Waals surface area (Å²) in [7, 11) is 0. The molecule has 3 nitrogen and oxygen atoms in total.